The van der Waals surface area contributed by atoms with Crippen molar-refractivity contribution in [1.82, 2.24) is 15.5 Å². The first-order valence-corrected chi connectivity index (χ1v) is 10.9. The highest BCUT2D eigenvalue weighted by Gasteiger charge is 2.55. The van der Waals surface area contributed by atoms with Gasteiger partial charge in [0.15, 0.2) is 0 Å². The molecule has 2 N–H and O–H groups in total. The lowest BCUT2D eigenvalue weighted by atomic mass is 9.50. The molecule has 6 heteroatoms. The van der Waals surface area contributed by atoms with Gasteiger partial charge in [-0.05, 0) is 54.4 Å². The van der Waals surface area contributed by atoms with Gasteiger partial charge in [0.2, 0.25) is 5.91 Å². The second-order valence-electron chi connectivity index (χ2n) is 9.07. The summed E-state index contributed by atoms with van der Waals surface area (Å²) in [5, 5.41) is 5.97. The molecule has 0 unspecified atom stereocenters. The van der Waals surface area contributed by atoms with Crippen molar-refractivity contribution in [2.45, 2.75) is 44.8 Å². The summed E-state index contributed by atoms with van der Waals surface area (Å²) >= 11 is 0. The summed E-state index contributed by atoms with van der Waals surface area (Å²) < 4.78 is 5.14. The van der Waals surface area contributed by atoms with Gasteiger partial charge in [0, 0.05) is 32.1 Å². The molecule has 0 radical (unpaired) electrons. The van der Waals surface area contributed by atoms with E-state index < -0.39 is 0 Å². The predicted molar refractivity (Wildman–Crippen MR) is 119 cm³/mol. The second kappa shape index (κ2) is 9.00. The summed E-state index contributed by atoms with van der Waals surface area (Å²) in [5.74, 6) is 1.16. The first kappa shape index (κ1) is 21.2. The molecule has 0 heterocycles. The fourth-order valence-corrected chi connectivity index (χ4v) is 4.99. The lowest BCUT2D eigenvalue weighted by molar-refractivity contribution is -0.148. The highest BCUT2D eigenvalue weighted by atomic mass is 16.5. The molecule has 0 aliphatic heterocycles. The Bertz CT molecular complexity index is 899. The van der Waals surface area contributed by atoms with Crippen LogP contribution < -0.4 is 15.4 Å². The van der Waals surface area contributed by atoms with Gasteiger partial charge in [-0.3, -0.25) is 4.79 Å². The number of hydrogen-bond acceptors (Lipinski definition) is 3. The zero-order valence-corrected chi connectivity index (χ0v) is 18.3. The Morgan fingerprint density at radius 2 is 1.68 bits per heavy atom. The van der Waals surface area contributed by atoms with E-state index in [9.17, 15) is 9.59 Å². The van der Waals surface area contributed by atoms with Crippen LogP contribution in [0.2, 0.25) is 0 Å². The molecule has 0 saturated heterocycles. The number of benzene rings is 2. The van der Waals surface area contributed by atoms with Gasteiger partial charge in [0.25, 0.3) is 0 Å². The van der Waals surface area contributed by atoms with Crippen molar-refractivity contribution < 1.29 is 14.3 Å². The van der Waals surface area contributed by atoms with E-state index in [2.05, 4.69) is 10.6 Å². The highest BCUT2D eigenvalue weighted by Crippen LogP contribution is 2.59. The SMILES string of the molecule is COc1ccc(CNC(=O)NC2CC3(C2)CC(C(=O)N(C)Cc2ccccc2)C3)cc1. The van der Waals surface area contributed by atoms with Crippen molar-refractivity contribution in [3.63, 3.8) is 0 Å². The van der Waals surface area contributed by atoms with Crippen molar-refractivity contribution in [3.8, 4) is 5.75 Å². The Morgan fingerprint density at radius 1 is 1.00 bits per heavy atom. The van der Waals surface area contributed by atoms with Crippen LogP contribution in [0.5, 0.6) is 5.75 Å². The van der Waals surface area contributed by atoms with Crippen LogP contribution >= 0.6 is 0 Å². The monoisotopic (exact) mass is 421 g/mol. The molecular weight excluding hydrogens is 390 g/mol. The quantitative estimate of drug-likeness (QED) is 0.716. The zero-order chi connectivity index (χ0) is 21.8. The third-order valence-electron chi connectivity index (χ3n) is 6.65. The summed E-state index contributed by atoms with van der Waals surface area (Å²) in [7, 11) is 3.52. The lowest BCUT2D eigenvalue weighted by Gasteiger charge is -2.57. The maximum atomic E-state index is 12.7. The number of nitrogens with zero attached hydrogens (tertiary/aromatic N) is 1. The molecule has 6 nitrogen and oxygen atoms in total. The topological polar surface area (TPSA) is 70.7 Å². The van der Waals surface area contributed by atoms with Crippen LogP contribution in [-0.2, 0) is 17.9 Å². The van der Waals surface area contributed by atoms with Gasteiger partial charge in [0.1, 0.15) is 5.75 Å². The number of amides is 3. The smallest absolute Gasteiger partial charge is 0.315 e. The minimum absolute atomic E-state index is 0.124. The number of hydrogen-bond donors (Lipinski definition) is 2. The number of nitrogens with one attached hydrogen (secondary N) is 2. The Morgan fingerprint density at radius 3 is 2.32 bits per heavy atom. The Kier molecular flexibility index (Phi) is 6.16. The Balaban J connectivity index is 1.14. The van der Waals surface area contributed by atoms with E-state index in [1.165, 1.54) is 0 Å². The molecule has 2 aromatic rings. The van der Waals surface area contributed by atoms with Gasteiger partial charge in [-0.2, -0.15) is 0 Å². The summed E-state index contributed by atoms with van der Waals surface area (Å²) in [6, 6.07) is 17.8. The number of rotatable bonds is 7. The van der Waals surface area contributed by atoms with Gasteiger partial charge in [-0.1, -0.05) is 42.5 Å². The molecule has 2 fully saturated rings. The molecule has 1 spiro atoms. The van der Waals surface area contributed by atoms with Gasteiger partial charge in [-0.15, -0.1) is 0 Å². The number of urea groups is 1. The fraction of sp³-hybridized carbons (Fsp3) is 0.440. The molecular formula is C25H31N3O3. The van der Waals surface area contributed by atoms with Crippen molar-refractivity contribution in [2.24, 2.45) is 11.3 Å². The van der Waals surface area contributed by atoms with Crippen LogP contribution in [-0.4, -0.2) is 37.0 Å². The van der Waals surface area contributed by atoms with E-state index in [0.717, 1.165) is 42.6 Å². The van der Waals surface area contributed by atoms with E-state index in [1.54, 1.807) is 7.11 Å². The Hall–Kier alpha value is -3.02. The van der Waals surface area contributed by atoms with E-state index in [-0.39, 0.29) is 29.3 Å². The summed E-state index contributed by atoms with van der Waals surface area (Å²) in [6.07, 6.45) is 3.82. The third kappa shape index (κ3) is 5.01. The zero-order valence-electron chi connectivity index (χ0n) is 18.3. The van der Waals surface area contributed by atoms with Crippen LogP contribution in [0.15, 0.2) is 54.6 Å². The maximum absolute atomic E-state index is 12.7. The minimum Gasteiger partial charge on any atom is -0.497 e. The molecule has 0 atom stereocenters. The predicted octanol–water partition coefficient (Wildman–Crippen LogP) is 3.71. The second-order valence-corrected chi connectivity index (χ2v) is 9.07. The van der Waals surface area contributed by atoms with Crippen molar-refractivity contribution in [2.75, 3.05) is 14.2 Å². The van der Waals surface area contributed by atoms with Crippen LogP contribution in [0.1, 0.15) is 36.8 Å². The largest absolute Gasteiger partial charge is 0.497 e. The average molecular weight is 422 g/mol. The molecule has 2 saturated carbocycles. The van der Waals surface area contributed by atoms with Crippen molar-refractivity contribution >= 4 is 11.9 Å². The number of methoxy groups -OCH3 is 1. The summed E-state index contributed by atoms with van der Waals surface area (Å²) in [5.41, 5.74) is 2.43. The van der Waals surface area contributed by atoms with E-state index in [4.69, 9.17) is 4.74 Å². The van der Waals surface area contributed by atoms with Crippen LogP contribution in [0, 0.1) is 11.3 Å². The van der Waals surface area contributed by atoms with Crippen molar-refractivity contribution in [1.29, 1.82) is 0 Å². The molecule has 0 bridgehead atoms. The summed E-state index contributed by atoms with van der Waals surface area (Å²) in [4.78, 5) is 26.7. The molecule has 2 aromatic carbocycles. The number of carbonyl (C=O) groups is 2. The van der Waals surface area contributed by atoms with Crippen LogP contribution in [0.4, 0.5) is 4.79 Å². The fourth-order valence-electron chi connectivity index (χ4n) is 4.99. The van der Waals surface area contributed by atoms with Gasteiger partial charge in [0.05, 0.1) is 7.11 Å². The van der Waals surface area contributed by atoms with E-state index >= 15 is 0 Å². The molecule has 3 amide bonds. The molecule has 4 rings (SSSR count). The Labute approximate surface area is 184 Å². The van der Waals surface area contributed by atoms with Gasteiger partial charge in [-0.25, -0.2) is 4.79 Å². The average Bonchev–Trinajstić information content (AvgIpc) is 2.73. The van der Waals surface area contributed by atoms with Crippen LogP contribution in [0.25, 0.3) is 0 Å². The first-order valence-electron chi connectivity index (χ1n) is 10.9. The van der Waals surface area contributed by atoms with E-state index in [0.29, 0.717) is 13.1 Å². The van der Waals surface area contributed by atoms with E-state index in [1.807, 2.05) is 66.5 Å². The van der Waals surface area contributed by atoms with Crippen LogP contribution in [0.3, 0.4) is 0 Å². The molecule has 0 aromatic heterocycles. The molecule has 31 heavy (non-hydrogen) atoms. The molecule has 2 aliphatic rings. The summed E-state index contributed by atoms with van der Waals surface area (Å²) in [6.45, 7) is 1.14. The minimum atomic E-state index is -0.134. The molecule has 164 valence electrons. The first-order chi connectivity index (χ1) is 15.0. The van der Waals surface area contributed by atoms with Crippen molar-refractivity contribution in [3.05, 3.63) is 65.7 Å². The number of carbonyl (C=O) groups excluding carboxylic acids is 2. The maximum Gasteiger partial charge on any atom is 0.315 e. The normalized spacial score (nSPS) is 23.9. The number of ether oxygens (including phenoxy) is 1. The third-order valence-corrected chi connectivity index (χ3v) is 6.65. The standard InChI is InChI=1S/C25H31N3O3/c1-28(17-19-6-4-3-5-7-19)23(29)20-12-25(13-20)14-21(15-25)27-24(30)26-16-18-8-10-22(31-2)11-9-18/h3-11,20-21H,12-17H2,1-2H3,(H2,26,27,30). The molecule has 2 aliphatic carbocycles. The van der Waals surface area contributed by atoms with Gasteiger partial charge >= 0.3 is 6.03 Å². The highest BCUT2D eigenvalue weighted by molar-refractivity contribution is 5.80. The van der Waals surface area contributed by atoms with Gasteiger partial charge < -0.3 is 20.3 Å². The lowest BCUT2D eigenvalue weighted by Crippen LogP contribution is -2.59.